The van der Waals surface area contributed by atoms with Gasteiger partial charge in [0.2, 0.25) is 5.13 Å². The van der Waals surface area contributed by atoms with Gasteiger partial charge in [-0.15, -0.1) is 5.10 Å². The Hall–Kier alpha value is -2.82. The number of methoxy groups -OCH3 is 1. The van der Waals surface area contributed by atoms with E-state index < -0.39 is 0 Å². The molecule has 2 fully saturated rings. The standard InChI is InChI=1S/C21H20ClN5O4S/c1-11-5-13(14-6-17(22)24-9-16(14)29-2)15(8-23-11)18(28)25-19-26-27-20(32-19)31-12-7-21(3-4-21)30-10-12/h5-6,8-9,12H,3-4,7,10H2,1-2H3,(H,25,26,28)/t12-/m0/s1. The van der Waals surface area contributed by atoms with Gasteiger partial charge in [-0.25, -0.2) is 4.98 Å². The maximum absolute atomic E-state index is 13.1. The molecular formula is C21H20ClN5O4S. The molecule has 1 amide bonds. The number of hydrogen-bond donors (Lipinski definition) is 1. The van der Waals surface area contributed by atoms with Crippen LogP contribution in [0.2, 0.25) is 5.15 Å². The monoisotopic (exact) mass is 473 g/mol. The summed E-state index contributed by atoms with van der Waals surface area (Å²) in [6.45, 7) is 2.39. The summed E-state index contributed by atoms with van der Waals surface area (Å²) in [5.74, 6) is 0.110. The zero-order valence-corrected chi connectivity index (χ0v) is 19.0. The van der Waals surface area contributed by atoms with Crippen LogP contribution >= 0.6 is 22.9 Å². The number of pyridine rings is 2. The van der Waals surface area contributed by atoms with Gasteiger partial charge in [0.05, 0.1) is 31.1 Å². The van der Waals surface area contributed by atoms with Gasteiger partial charge < -0.3 is 14.2 Å². The number of amides is 1. The molecule has 1 saturated carbocycles. The number of rotatable bonds is 6. The largest absolute Gasteiger partial charge is 0.494 e. The Morgan fingerprint density at radius 1 is 1.25 bits per heavy atom. The molecule has 1 atom stereocenters. The number of aromatic nitrogens is 4. The van der Waals surface area contributed by atoms with E-state index in [2.05, 4.69) is 25.5 Å². The third kappa shape index (κ3) is 4.25. The number of hydrogen-bond acceptors (Lipinski definition) is 9. The number of carbonyl (C=O) groups excluding carboxylic acids is 1. The molecule has 3 aromatic heterocycles. The zero-order valence-electron chi connectivity index (χ0n) is 17.4. The molecule has 2 aliphatic rings. The number of aryl methyl sites for hydroxylation is 1. The van der Waals surface area contributed by atoms with E-state index in [4.69, 9.17) is 25.8 Å². The molecule has 0 unspecified atom stereocenters. The predicted octanol–water partition coefficient (Wildman–Crippen LogP) is 3.92. The molecule has 11 heteroatoms. The first-order valence-corrected chi connectivity index (χ1v) is 11.3. The summed E-state index contributed by atoms with van der Waals surface area (Å²) in [7, 11) is 1.53. The average molecular weight is 474 g/mol. The lowest BCUT2D eigenvalue weighted by Crippen LogP contribution is -2.16. The van der Waals surface area contributed by atoms with Crippen LogP contribution in [0, 0.1) is 6.92 Å². The van der Waals surface area contributed by atoms with Crippen LogP contribution < -0.4 is 14.8 Å². The molecule has 32 heavy (non-hydrogen) atoms. The van der Waals surface area contributed by atoms with Gasteiger partial charge in [0, 0.05) is 29.4 Å². The Kier molecular flexibility index (Phi) is 5.44. The highest BCUT2D eigenvalue weighted by Gasteiger charge is 2.51. The maximum Gasteiger partial charge on any atom is 0.296 e. The van der Waals surface area contributed by atoms with E-state index >= 15 is 0 Å². The van der Waals surface area contributed by atoms with Crippen LogP contribution in [0.1, 0.15) is 35.3 Å². The molecule has 0 bridgehead atoms. The molecule has 1 spiro atoms. The van der Waals surface area contributed by atoms with Crippen LogP contribution in [0.3, 0.4) is 0 Å². The Labute approximate surface area is 193 Å². The van der Waals surface area contributed by atoms with Crippen molar-refractivity contribution in [3.8, 4) is 22.1 Å². The third-order valence-electron chi connectivity index (χ3n) is 5.51. The molecule has 1 saturated heterocycles. The minimum absolute atomic E-state index is 0.0259. The molecule has 1 aliphatic heterocycles. The summed E-state index contributed by atoms with van der Waals surface area (Å²) >= 11 is 7.27. The molecule has 3 aromatic rings. The second-order valence-corrected chi connectivity index (χ2v) is 9.17. The normalized spacial score (nSPS) is 18.5. The highest BCUT2D eigenvalue weighted by molar-refractivity contribution is 7.17. The number of anilines is 1. The summed E-state index contributed by atoms with van der Waals surface area (Å²) in [6.07, 6.45) is 6.03. The van der Waals surface area contributed by atoms with Gasteiger partial charge >= 0.3 is 0 Å². The van der Waals surface area contributed by atoms with E-state index in [9.17, 15) is 4.79 Å². The number of nitrogens with one attached hydrogen (secondary N) is 1. The van der Waals surface area contributed by atoms with Crippen LogP contribution in [-0.2, 0) is 4.74 Å². The van der Waals surface area contributed by atoms with Gasteiger partial charge in [-0.05, 0) is 43.2 Å². The van der Waals surface area contributed by atoms with Crippen molar-refractivity contribution in [1.29, 1.82) is 0 Å². The van der Waals surface area contributed by atoms with Crippen molar-refractivity contribution in [1.82, 2.24) is 20.2 Å². The summed E-state index contributed by atoms with van der Waals surface area (Å²) < 4.78 is 17.1. The summed E-state index contributed by atoms with van der Waals surface area (Å²) in [4.78, 5) is 21.4. The summed E-state index contributed by atoms with van der Waals surface area (Å²) in [6, 6.07) is 3.45. The Morgan fingerprint density at radius 3 is 2.84 bits per heavy atom. The van der Waals surface area contributed by atoms with E-state index in [-0.39, 0.29) is 22.8 Å². The topological polar surface area (TPSA) is 108 Å². The van der Waals surface area contributed by atoms with Crippen molar-refractivity contribution in [2.24, 2.45) is 0 Å². The lowest BCUT2D eigenvalue weighted by Gasteiger charge is -2.13. The van der Waals surface area contributed by atoms with Gasteiger partial charge in [-0.1, -0.05) is 16.7 Å². The number of ether oxygens (including phenoxy) is 3. The highest BCUT2D eigenvalue weighted by Crippen LogP contribution is 2.48. The first-order chi connectivity index (χ1) is 15.4. The molecular weight excluding hydrogens is 454 g/mol. The Morgan fingerprint density at radius 2 is 2.09 bits per heavy atom. The SMILES string of the molecule is COc1cnc(Cl)cc1-c1cc(C)ncc1C(=O)Nc1nnc(O[C@@H]2COC3(CC3)C2)s1. The van der Waals surface area contributed by atoms with E-state index in [1.807, 2.05) is 6.92 Å². The Balaban J connectivity index is 1.35. The van der Waals surface area contributed by atoms with Crippen LogP contribution in [0.4, 0.5) is 5.13 Å². The van der Waals surface area contributed by atoms with Gasteiger partial charge in [-0.3, -0.25) is 15.1 Å². The quantitative estimate of drug-likeness (QED) is 0.536. The van der Waals surface area contributed by atoms with E-state index in [1.165, 1.54) is 30.8 Å². The lowest BCUT2D eigenvalue weighted by molar-refractivity contribution is 0.0783. The first-order valence-electron chi connectivity index (χ1n) is 10.1. The summed E-state index contributed by atoms with van der Waals surface area (Å²) in [5, 5.41) is 11.9. The fourth-order valence-corrected chi connectivity index (χ4v) is 4.55. The molecule has 1 aliphatic carbocycles. The second-order valence-electron chi connectivity index (χ2n) is 7.84. The smallest absolute Gasteiger partial charge is 0.296 e. The maximum atomic E-state index is 13.1. The van der Waals surface area contributed by atoms with Gasteiger partial charge in [0.25, 0.3) is 11.1 Å². The van der Waals surface area contributed by atoms with E-state index in [0.717, 1.165) is 25.0 Å². The fourth-order valence-electron chi connectivity index (χ4n) is 3.74. The second kappa shape index (κ2) is 8.27. The number of nitrogens with zero attached hydrogens (tertiary/aromatic N) is 4. The minimum atomic E-state index is -0.383. The van der Waals surface area contributed by atoms with Crippen molar-refractivity contribution < 1.29 is 19.0 Å². The minimum Gasteiger partial charge on any atom is -0.494 e. The van der Waals surface area contributed by atoms with Crippen molar-refractivity contribution in [2.75, 3.05) is 19.0 Å². The molecule has 9 nitrogen and oxygen atoms in total. The molecule has 4 heterocycles. The highest BCUT2D eigenvalue weighted by atomic mass is 35.5. The van der Waals surface area contributed by atoms with Gasteiger partial charge in [-0.2, -0.15) is 0 Å². The lowest BCUT2D eigenvalue weighted by atomic mass is 10.0. The van der Waals surface area contributed by atoms with Crippen molar-refractivity contribution in [2.45, 2.75) is 37.9 Å². The predicted molar refractivity (Wildman–Crippen MR) is 119 cm³/mol. The number of carbonyl (C=O) groups is 1. The van der Waals surface area contributed by atoms with Crippen molar-refractivity contribution in [3.63, 3.8) is 0 Å². The first kappa shape index (κ1) is 21.0. The van der Waals surface area contributed by atoms with Crippen LogP contribution in [0.15, 0.2) is 24.5 Å². The van der Waals surface area contributed by atoms with Crippen LogP contribution in [0.5, 0.6) is 10.9 Å². The van der Waals surface area contributed by atoms with Gasteiger partial charge in [0.15, 0.2) is 0 Å². The fraction of sp³-hybridized carbons (Fsp3) is 0.381. The molecule has 0 radical (unpaired) electrons. The van der Waals surface area contributed by atoms with Crippen molar-refractivity contribution in [3.05, 3.63) is 40.9 Å². The Bertz CT molecular complexity index is 1180. The van der Waals surface area contributed by atoms with E-state index in [1.54, 1.807) is 12.1 Å². The zero-order chi connectivity index (χ0) is 22.3. The molecule has 166 valence electrons. The summed E-state index contributed by atoms with van der Waals surface area (Å²) in [5.41, 5.74) is 2.37. The van der Waals surface area contributed by atoms with Gasteiger partial charge in [0.1, 0.15) is 17.0 Å². The van der Waals surface area contributed by atoms with E-state index in [0.29, 0.717) is 39.4 Å². The molecule has 0 aromatic carbocycles. The average Bonchev–Trinajstić information content (AvgIpc) is 3.20. The van der Waals surface area contributed by atoms with Crippen molar-refractivity contribution >= 4 is 34.0 Å². The van der Waals surface area contributed by atoms with Crippen LogP contribution in [0.25, 0.3) is 11.1 Å². The number of halogens is 1. The third-order valence-corrected chi connectivity index (χ3v) is 6.44. The molecule has 1 N–H and O–H groups in total. The van der Waals surface area contributed by atoms with Crippen LogP contribution in [-0.4, -0.2) is 51.5 Å². The molecule has 5 rings (SSSR count).